The van der Waals surface area contributed by atoms with Crippen molar-refractivity contribution >= 4 is 65.2 Å². The number of amides is 4. The fourth-order valence-corrected chi connectivity index (χ4v) is 16.2. The van der Waals surface area contributed by atoms with E-state index < -0.39 is 146 Å². The average molecular weight is 1850 g/mol. The first-order valence-corrected chi connectivity index (χ1v) is 47.4. The Morgan fingerprint density at radius 1 is 0.465 bits per heavy atom. The average Bonchev–Trinajstić information content (AvgIpc) is 0.810. The summed E-state index contributed by atoms with van der Waals surface area (Å²) >= 11 is 0. The van der Waals surface area contributed by atoms with Crippen molar-refractivity contribution in [3.63, 3.8) is 0 Å². The van der Waals surface area contributed by atoms with Crippen LogP contribution in [0.3, 0.4) is 0 Å². The molecule has 4 saturated heterocycles. The standard InChI is InChI=1S/C92H161N5O32/c1-63-81(112)83(114)74(54-98)126-86(63)121-46-28-25-36-67(103)32-20-17-22-34-69(105)41-49-118-59-91(61-120-51-43-78(110)94-45-31-44-93-77(109)39-27-30-48-122-87-64(2)82(113)84(115)75(55-99)127-87,60-119-50-42-70(106)35-23-18-21-33-68(104)37-26-29-47-123-88-65(3)85(116)90(8,117)76(56-100)128-88)97-79(111)40-24-16-14-12-10-9-11-13-15-19-38-71(107)57-125-95-53-73-80(96-66(4)102)72(108)52-92(129-73,124-62-101)58-89(5,6)7/h53,62-65,72-76,80-88,98-100,108,112-117H,9-52,54-61H2,1-8H3,(H,93,109)(H,94,110)(H,96,102)(H,97,111)/t63-,64-,65-,72?,73?,74?,75?,76?,80+,81?,82?,83-,84-,85?,86+,87+,88+,90-,91?,92+/m1/s1. The van der Waals surface area contributed by atoms with Gasteiger partial charge in [-0.2, -0.15) is 0 Å². The van der Waals surface area contributed by atoms with Gasteiger partial charge in [0.1, 0.15) is 70.9 Å². The molecular weight excluding hydrogens is 1690 g/mol. The van der Waals surface area contributed by atoms with Gasteiger partial charge in [-0.05, 0) is 95.8 Å². The summed E-state index contributed by atoms with van der Waals surface area (Å²) in [5, 5.41) is 117. The SMILES string of the molecule is CC(=O)N[C@H]1C(O)C[C@](CC(C)(C)C)(OC=O)OC1C=NOCC(=O)CCCCCCCCCCCCC(=O)NC(COCCC(=O)CCCCCC(=O)CCCCO[C@H]1OC(CO)[C@@H](O)C(O)[C@H]1C)(COCCC(=O)CCCCCC(=O)CCCCO[C@H]1OC(CO)[C@@](C)(O)C(O)[C@H]1C)COCCC(=O)NCCCNC(=O)CCCCO[C@H]1OC(CO)[C@@H](O)C(O)[C@H]1C. The van der Waals surface area contributed by atoms with Crippen LogP contribution in [0.2, 0.25) is 0 Å². The van der Waals surface area contributed by atoms with E-state index in [9.17, 15) is 99.0 Å². The molecule has 0 aromatic rings. The Balaban J connectivity index is 1.29. The summed E-state index contributed by atoms with van der Waals surface area (Å²) in [7, 11) is 0. The molecule has 0 saturated carbocycles. The van der Waals surface area contributed by atoms with E-state index >= 15 is 0 Å². The van der Waals surface area contributed by atoms with Crippen molar-refractivity contribution in [3.05, 3.63) is 0 Å². The highest BCUT2D eigenvalue weighted by molar-refractivity contribution is 5.81. The molecule has 0 aromatic carbocycles. The summed E-state index contributed by atoms with van der Waals surface area (Å²) in [6, 6.07) is -0.917. The molecule has 4 fully saturated rings. The molecule has 4 aliphatic heterocycles. The number of rotatable bonds is 74. The molecule has 4 aliphatic rings. The molecule has 0 bridgehead atoms. The zero-order valence-corrected chi connectivity index (χ0v) is 78.1. The third kappa shape index (κ3) is 46.5. The summed E-state index contributed by atoms with van der Waals surface area (Å²) in [4.78, 5) is 134. The topological polar surface area (TPSA) is 544 Å². The maximum atomic E-state index is 14.1. The fraction of sp³-hybridized carbons (Fsp3) is 0.880. The normalized spacial score (nSPS) is 27.1. The van der Waals surface area contributed by atoms with Gasteiger partial charge in [-0.15, -0.1) is 0 Å². The zero-order valence-electron chi connectivity index (χ0n) is 78.1. The highest BCUT2D eigenvalue weighted by Crippen LogP contribution is 2.40. The lowest BCUT2D eigenvalue weighted by atomic mass is 9.82. The fourth-order valence-electron chi connectivity index (χ4n) is 16.2. The lowest BCUT2D eigenvalue weighted by molar-refractivity contribution is -0.311. The molecule has 37 nitrogen and oxygen atoms in total. The van der Waals surface area contributed by atoms with Crippen molar-refractivity contribution in [1.82, 2.24) is 21.3 Å². The second kappa shape index (κ2) is 64.3. The number of carbonyl (C=O) groups excluding carboxylic acids is 10. The lowest BCUT2D eigenvalue weighted by Crippen LogP contribution is -2.62. The maximum absolute atomic E-state index is 14.1. The number of nitrogens with one attached hydrogen (secondary N) is 4. The van der Waals surface area contributed by atoms with E-state index in [0.29, 0.717) is 129 Å². The summed E-state index contributed by atoms with van der Waals surface area (Å²) in [5.74, 6) is -4.47. The van der Waals surface area contributed by atoms with E-state index in [-0.39, 0.29) is 195 Å². The molecule has 4 rings (SSSR count). The zero-order chi connectivity index (χ0) is 95.2. The van der Waals surface area contributed by atoms with E-state index in [2.05, 4.69) is 26.4 Å². The minimum atomic E-state index is -1.64. The van der Waals surface area contributed by atoms with Gasteiger partial charge in [-0.3, -0.25) is 47.9 Å². The predicted octanol–water partition coefficient (Wildman–Crippen LogP) is 5.25. The van der Waals surface area contributed by atoms with Gasteiger partial charge < -0.3 is 129 Å². The number of carbonyl (C=O) groups is 10. The number of hydrogen-bond acceptors (Lipinski definition) is 33. The van der Waals surface area contributed by atoms with Crippen LogP contribution in [-0.2, 0) is 105 Å². The van der Waals surface area contributed by atoms with Gasteiger partial charge in [0.05, 0.1) is 96.1 Å². The Kier molecular flexibility index (Phi) is 57.7. The van der Waals surface area contributed by atoms with Crippen molar-refractivity contribution in [2.24, 2.45) is 28.3 Å². The number of oxime groups is 1. The molecule has 129 heavy (non-hydrogen) atoms. The van der Waals surface area contributed by atoms with Gasteiger partial charge in [0.2, 0.25) is 29.4 Å². The monoisotopic (exact) mass is 1850 g/mol. The molecule has 20 atom stereocenters. The maximum Gasteiger partial charge on any atom is 0.295 e. The minimum Gasteiger partial charge on any atom is -0.435 e. The van der Waals surface area contributed by atoms with Gasteiger partial charge in [0.25, 0.3) is 6.47 Å². The Morgan fingerprint density at radius 2 is 0.853 bits per heavy atom. The highest BCUT2D eigenvalue weighted by Gasteiger charge is 2.53. The number of ketones is 5. The first-order chi connectivity index (χ1) is 61.5. The van der Waals surface area contributed by atoms with Crippen LogP contribution in [-0.4, -0.2) is 318 Å². The van der Waals surface area contributed by atoms with Gasteiger partial charge >= 0.3 is 0 Å². The van der Waals surface area contributed by atoms with Crippen LogP contribution < -0.4 is 21.3 Å². The molecule has 0 radical (unpaired) electrons. The molecule has 0 spiro atoms. The molecular formula is C92H161N5O32. The highest BCUT2D eigenvalue weighted by atomic mass is 16.7. The largest absolute Gasteiger partial charge is 0.435 e. The van der Waals surface area contributed by atoms with Crippen LogP contribution in [0, 0.1) is 23.2 Å². The van der Waals surface area contributed by atoms with Gasteiger partial charge in [0.15, 0.2) is 31.3 Å². The van der Waals surface area contributed by atoms with E-state index in [4.69, 9.17) is 56.9 Å². The van der Waals surface area contributed by atoms with Crippen molar-refractivity contribution in [3.8, 4) is 0 Å². The van der Waals surface area contributed by atoms with Gasteiger partial charge in [-0.25, -0.2) is 0 Å². The quantitative estimate of drug-likeness (QED) is 0.0160. The lowest BCUT2D eigenvalue weighted by Gasteiger charge is -2.46. The minimum absolute atomic E-state index is 0.0146. The van der Waals surface area contributed by atoms with Crippen LogP contribution in [0.1, 0.15) is 293 Å². The molecule has 9 unspecified atom stereocenters. The molecule has 4 heterocycles. The van der Waals surface area contributed by atoms with Crippen LogP contribution in [0.4, 0.5) is 0 Å². The van der Waals surface area contributed by atoms with Crippen molar-refractivity contribution < 1.29 is 156 Å². The Hall–Kier alpha value is -5.63. The van der Waals surface area contributed by atoms with E-state index in [1.807, 2.05) is 20.8 Å². The van der Waals surface area contributed by atoms with Gasteiger partial charge in [-0.1, -0.05) is 111 Å². The molecule has 0 aliphatic carbocycles. The van der Waals surface area contributed by atoms with Crippen LogP contribution in [0.5, 0.6) is 0 Å². The number of nitrogens with zero attached hydrogens (tertiary/aromatic N) is 1. The van der Waals surface area contributed by atoms with Crippen LogP contribution in [0.15, 0.2) is 5.16 Å². The number of ether oxygens (including phenoxy) is 11. The van der Waals surface area contributed by atoms with Crippen molar-refractivity contribution in [1.29, 1.82) is 0 Å². The first-order valence-electron chi connectivity index (χ1n) is 47.4. The molecule has 746 valence electrons. The van der Waals surface area contributed by atoms with Crippen molar-refractivity contribution in [2.75, 3.05) is 99.0 Å². The Labute approximate surface area is 762 Å². The molecule has 14 N–H and O–H groups in total. The number of aliphatic hydroxyl groups excluding tert-OH is 9. The number of aliphatic hydroxyl groups is 10. The van der Waals surface area contributed by atoms with Crippen LogP contribution >= 0.6 is 0 Å². The summed E-state index contributed by atoms with van der Waals surface area (Å²) in [5.41, 5.74) is -3.36. The van der Waals surface area contributed by atoms with E-state index in [0.717, 1.165) is 51.4 Å². The second-order valence-corrected chi connectivity index (χ2v) is 36.9. The number of unbranched alkanes of at least 4 members (excludes halogenated alkanes) is 16. The van der Waals surface area contributed by atoms with Crippen molar-refractivity contribution in [2.45, 2.75) is 396 Å². The predicted molar refractivity (Wildman–Crippen MR) is 471 cm³/mol. The Bertz CT molecular complexity index is 3130. The molecule has 0 aromatic heterocycles. The summed E-state index contributed by atoms with van der Waals surface area (Å²) in [6.45, 7) is 12.7. The third-order valence-corrected chi connectivity index (χ3v) is 23.9. The Morgan fingerprint density at radius 3 is 1.29 bits per heavy atom. The first kappa shape index (κ1) is 116. The number of hydrogen-bond donors (Lipinski definition) is 14. The smallest absolute Gasteiger partial charge is 0.295 e. The third-order valence-electron chi connectivity index (χ3n) is 23.9. The van der Waals surface area contributed by atoms with Gasteiger partial charge in [0, 0.05) is 147 Å². The molecule has 37 heteroatoms. The van der Waals surface area contributed by atoms with Crippen LogP contribution in [0.25, 0.3) is 0 Å². The summed E-state index contributed by atoms with van der Waals surface area (Å²) in [6.07, 6.45) is 6.26. The second-order valence-electron chi connectivity index (χ2n) is 36.9. The van der Waals surface area contributed by atoms with E-state index in [1.165, 1.54) is 20.1 Å². The van der Waals surface area contributed by atoms with E-state index in [1.54, 1.807) is 20.8 Å². The molecule has 4 amide bonds. The summed E-state index contributed by atoms with van der Waals surface area (Å²) < 4.78 is 64.5. The number of Topliss-reactive ketones (excluding diaryl/α,β-unsaturated/α-hetero) is 5.